The lowest BCUT2D eigenvalue weighted by Crippen LogP contribution is -2.32. The third kappa shape index (κ3) is 3.50. The quantitative estimate of drug-likeness (QED) is 0.840. The molecule has 2 atom stereocenters. The van der Waals surface area contributed by atoms with Crippen LogP contribution in [0.5, 0.6) is 0 Å². The van der Waals surface area contributed by atoms with Gasteiger partial charge in [0.2, 0.25) is 5.91 Å². The first kappa shape index (κ1) is 16.6. The highest BCUT2D eigenvalue weighted by Crippen LogP contribution is 2.39. The monoisotopic (exact) mass is 354 g/mol. The van der Waals surface area contributed by atoms with Gasteiger partial charge in [0.25, 0.3) is 0 Å². The highest BCUT2D eigenvalue weighted by Gasteiger charge is 2.31. The first-order chi connectivity index (χ1) is 11.1. The second kappa shape index (κ2) is 7.13. The maximum atomic E-state index is 11.7. The first-order valence-electron chi connectivity index (χ1n) is 7.47. The Morgan fingerprint density at radius 1 is 1.57 bits per heavy atom. The smallest absolute Gasteiger partial charge is 0.247 e. The fourth-order valence-electron chi connectivity index (χ4n) is 2.97. The summed E-state index contributed by atoms with van der Waals surface area (Å²) in [7, 11) is 1.56. The van der Waals surface area contributed by atoms with Crippen molar-refractivity contribution in [3.8, 4) is 0 Å². The van der Waals surface area contributed by atoms with Crippen LogP contribution in [0.1, 0.15) is 12.8 Å². The van der Waals surface area contributed by atoms with E-state index in [4.69, 9.17) is 26.8 Å². The molecule has 1 amide bonds. The zero-order valence-electron chi connectivity index (χ0n) is 12.8. The number of halogens is 1. The predicted octanol–water partition coefficient (Wildman–Crippen LogP) is 2.46. The van der Waals surface area contributed by atoms with Crippen LogP contribution in [0.2, 0.25) is 0 Å². The zero-order chi connectivity index (χ0) is 16.4. The molecule has 0 aromatic heterocycles. The van der Waals surface area contributed by atoms with Crippen LogP contribution in [0.3, 0.4) is 0 Å². The molecule has 1 aliphatic carbocycles. The largest absolute Gasteiger partial charge is 0.376 e. The van der Waals surface area contributed by atoms with Gasteiger partial charge in [0.05, 0.1) is 16.7 Å². The first-order valence-corrected chi connectivity index (χ1v) is 8.73. The van der Waals surface area contributed by atoms with Crippen molar-refractivity contribution >= 4 is 29.3 Å². The number of carbonyl (C=O) groups is 1. The van der Waals surface area contributed by atoms with Gasteiger partial charge in [-0.2, -0.15) is 0 Å². The summed E-state index contributed by atoms with van der Waals surface area (Å²) in [5.74, 6) is -0.525. The normalized spacial score (nSPS) is 30.6. The molecule has 5 nitrogen and oxygen atoms in total. The average molecular weight is 355 g/mol. The zero-order valence-corrected chi connectivity index (χ0v) is 14.4. The molecule has 0 bridgehead atoms. The van der Waals surface area contributed by atoms with Gasteiger partial charge in [0, 0.05) is 37.1 Å². The summed E-state index contributed by atoms with van der Waals surface area (Å²) in [6.07, 6.45) is 7.30. The Bertz CT molecular complexity index is 621. The number of primary amides is 1. The molecule has 0 aromatic carbocycles. The molecule has 0 radical (unpaired) electrons. The molecule has 124 valence electrons. The Morgan fingerprint density at radius 2 is 2.39 bits per heavy atom. The summed E-state index contributed by atoms with van der Waals surface area (Å²) in [6.45, 7) is 1.60. The number of nitrogens with two attached hydrogens (primary N) is 1. The summed E-state index contributed by atoms with van der Waals surface area (Å²) in [5.41, 5.74) is 6.69. The number of amides is 1. The van der Waals surface area contributed by atoms with Gasteiger partial charge < -0.3 is 20.1 Å². The standard InChI is InChI=1S/C16H19ClN2O3S/c1-21-14-12(15(18)20)7-10(17)8-13(14)16-19(4-6-23-16)9-11-3-2-5-22-11/h4,6-8,11,14H,2-3,5,9H2,1H3,(H2,18,20)/b16-13-/t11-,14?/m1/s1. The van der Waals surface area contributed by atoms with E-state index in [0.717, 1.165) is 36.6 Å². The lowest BCUT2D eigenvalue weighted by Gasteiger charge is -2.28. The van der Waals surface area contributed by atoms with Gasteiger partial charge in [0.1, 0.15) is 6.10 Å². The SMILES string of the molecule is COC1C(C(N)=O)=CC(Cl)=C/C1=C1/SC=CN1C[C@H]1CCCO1. The number of hydrogen-bond acceptors (Lipinski definition) is 5. The molecule has 1 fully saturated rings. The summed E-state index contributed by atoms with van der Waals surface area (Å²) in [6, 6.07) is 0. The lowest BCUT2D eigenvalue weighted by atomic mass is 9.96. The van der Waals surface area contributed by atoms with E-state index in [-0.39, 0.29) is 6.10 Å². The second-order valence-corrected chi connectivity index (χ2v) is 6.89. The fourth-order valence-corrected chi connectivity index (χ4v) is 4.12. The Labute approximate surface area is 144 Å². The van der Waals surface area contributed by atoms with Crippen molar-refractivity contribution in [3.63, 3.8) is 0 Å². The van der Waals surface area contributed by atoms with E-state index >= 15 is 0 Å². The molecule has 0 saturated carbocycles. The minimum atomic E-state index is -0.525. The Hall–Kier alpha value is -1.21. The summed E-state index contributed by atoms with van der Waals surface area (Å²) in [5, 5.41) is 3.48. The highest BCUT2D eigenvalue weighted by atomic mass is 35.5. The molecule has 7 heteroatoms. The van der Waals surface area contributed by atoms with Crippen molar-refractivity contribution in [2.75, 3.05) is 20.3 Å². The molecule has 2 N–H and O–H groups in total. The van der Waals surface area contributed by atoms with Crippen LogP contribution in [-0.4, -0.2) is 43.3 Å². The highest BCUT2D eigenvalue weighted by molar-refractivity contribution is 8.06. The summed E-state index contributed by atoms with van der Waals surface area (Å²) < 4.78 is 11.2. The van der Waals surface area contributed by atoms with Crippen molar-refractivity contribution in [1.82, 2.24) is 4.90 Å². The van der Waals surface area contributed by atoms with E-state index in [0.29, 0.717) is 10.6 Å². The van der Waals surface area contributed by atoms with Crippen LogP contribution in [-0.2, 0) is 14.3 Å². The fraction of sp³-hybridized carbons (Fsp3) is 0.438. The van der Waals surface area contributed by atoms with Crippen LogP contribution in [0.25, 0.3) is 0 Å². The van der Waals surface area contributed by atoms with Gasteiger partial charge in [-0.3, -0.25) is 4.79 Å². The minimum Gasteiger partial charge on any atom is -0.376 e. The van der Waals surface area contributed by atoms with Crippen molar-refractivity contribution in [2.45, 2.75) is 25.0 Å². The van der Waals surface area contributed by atoms with Crippen LogP contribution in [0.4, 0.5) is 0 Å². The molecule has 2 heterocycles. The lowest BCUT2D eigenvalue weighted by molar-refractivity contribution is -0.115. The Morgan fingerprint density at radius 3 is 3.04 bits per heavy atom. The van der Waals surface area contributed by atoms with E-state index < -0.39 is 12.0 Å². The molecule has 1 saturated heterocycles. The molecular weight excluding hydrogens is 336 g/mol. The van der Waals surface area contributed by atoms with E-state index in [1.165, 1.54) is 0 Å². The molecule has 2 aliphatic heterocycles. The Balaban J connectivity index is 1.91. The Kier molecular flexibility index (Phi) is 5.16. The predicted molar refractivity (Wildman–Crippen MR) is 91.4 cm³/mol. The molecular formula is C16H19ClN2O3S. The number of carbonyl (C=O) groups excluding carboxylic acids is 1. The van der Waals surface area contributed by atoms with Crippen LogP contribution in [0, 0.1) is 0 Å². The van der Waals surface area contributed by atoms with Crippen LogP contribution >= 0.6 is 23.4 Å². The van der Waals surface area contributed by atoms with Crippen molar-refractivity contribution in [1.29, 1.82) is 0 Å². The van der Waals surface area contributed by atoms with E-state index in [1.807, 2.05) is 17.7 Å². The number of nitrogens with zero attached hydrogens (tertiary/aromatic N) is 1. The minimum absolute atomic E-state index is 0.226. The van der Waals surface area contributed by atoms with Crippen molar-refractivity contribution in [2.24, 2.45) is 5.73 Å². The number of hydrogen-bond donors (Lipinski definition) is 1. The van der Waals surface area contributed by atoms with Crippen LogP contribution in [0.15, 0.2) is 45.0 Å². The van der Waals surface area contributed by atoms with Gasteiger partial charge in [-0.15, -0.1) is 0 Å². The molecule has 23 heavy (non-hydrogen) atoms. The van der Waals surface area contributed by atoms with Gasteiger partial charge >= 0.3 is 0 Å². The number of thioether (sulfide) groups is 1. The third-order valence-corrected chi connectivity index (χ3v) is 5.19. The van der Waals surface area contributed by atoms with Crippen LogP contribution < -0.4 is 5.73 Å². The van der Waals surface area contributed by atoms with Gasteiger partial charge in [0.15, 0.2) is 0 Å². The number of rotatable bonds is 4. The third-order valence-electron chi connectivity index (χ3n) is 4.02. The molecule has 0 aromatic rings. The van der Waals surface area contributed by atoms with E-state index in [1.54, 1.807) is 24.9 Å². The second-order valence-electron chi connectivity index (χ2n) is 5.56. The molecule has 3 rings (SSSR count). The molecule has 1 unspecified atom stereocenters. The average Bonchev–Trinajstić information content (AvgIpc) is 3.18. The maximum absolute atomic E-state index is 11.7. The number of allylic oxidation sites excluding steroid dienone is 2. The van der Waals surface area contributed by atoms with Crippen molar-refractivity contribution in [3.05, 3.63) is 45.0 Å². The van der Waals surface area contributed by atoms with Crippen molar-refractivity contribution < 1.29 is 14.3 Å². The van der Waals surface area contributed by atoms with E-state index in [9.17, 15) is 4.79 Å². The summed E-state index contributed by atoms with van der Waals surface area (Å²) >= 11 is 7.77. The van der Waals surface area contributed by atoms with Gasteiger partial charge in [-0.1, -0.05) is 23.4 Å². The van der Waals surface area contributed by atoms with Gasteiger partial charge in [-0.25, -0.2) is 0 Å². The number of methoxy groups -OCH3 is 1. The van der Waals surface area contributed by atoms with E-state index in [2.05, 4.69) is 4.90 Å². The molecule has 3 aliphatic rings. The summed E-state index contributed by atoms with van der Waals surface area (Å²) in [4.78, 5) is 13.8. The van der Waals surface area contributed by atoms with Gasteiger partial charge in [-0.05, 0) is 30.4 Å². The topological polar surface area (TPSA) is 64.8 Å². The molecule has 0 spiro atoms. The number of ether oxygens (including phenoxy) is 2. The maximum Gasteiger partial charge on any atom is 0.247 e.